The highest BCUT2D eigenvalue weighted by Gasteiger charge is 2.14. The smallest absolute Gasteiger partial charge is 0.191 e. The number of unbranched alkanes of at least 4 members (excludes halogenated alkanes) is 1. The first-order chi connectivity index (χ1) is 13.2. The second-order valence-electron chi connectivity index (χ2n) is 7.44. The molecule has 1 aliphatic rings. The molecule has 27 heavy (non-hydrogen) atoms. The zero-order valence-electron chi connectivity index (χ0n) is 17.6. The largest absolute Gasteiger partial charge is 0.357 e. The number of hydrogen-bond donors (Lipinski definition) is 2. The van der Waals surface area contributed by atoms with E-state index in [0.29, 0.717) is 5.92 Å². The van der Waals surface area contributed by atoms with Crippen molar-refractivity contribution >= 4 is 5.96 Å². The van der Waals surface area contributed by atoms with Crippen molar-refractivity contribution < 1.29 is 0 Å². The molecule has 2 N–H and O–H groups in total. The van der Waals surface area contributed by atoms with Crippen LogP contribution in [0.3, 0.4) is 0 Å². The third-order valence-electron chi connectivity index (χ3n) is 5.34. The number of guanidine groups is 1. The van der Waals surface area contributed by atoms with E-state index >= 15 is 0 Å². The molecule has 1 unspecified atom stereocenters. The molecule has 0 spiro atoms. The van der Waals surface area contributed by atoms with Gasteiger partial charge in [-0.25, -0.2) is 0 Å². The standard InChI is InChI=1S/C22H39N5/c1-4-23-22(25-19-20(3)21-11-7-6-8-12-21)24-13-9-10-14-27-17-15-26(5-2)16-18-27/h6-8,11-12,20H,4-5,9-10,13-19H2,1-3H3,(H2,23,24,25). The molecule has 0 amide bonds. The molecule has 0 aromatic heterocycles. The minimum absolute atomic E-state index is 0.434. The Morgan fingerprint density at radius 2 is 1.70 bits per heavy atom. The van der Waals surface area contributed by atoms with Crippen LogP contribution in [0.1, 0.15) is 45.1 Å². The van der Waals surface area contributed by atoms with Crippen molar-refractivity contribution in [2.24, 2.45) is 4.99 Å². The highest BCUT2D eigenvalue weighted by Crippen LogP contribution is 2.14. The van der Waals surface area contributed by atoms with Gasteiger partial charge in [-0.05, 0) is 38.4 Å². The summed E-state index contributed by atoms with van der Waals surface area (Å²) in [5.41, 5.74) is 1.35. The van der Waals surface area contributed by atoms with Gasteiger partial charge >= 0.3 is 0 Å². The molecule has 0 radical (unpaired) electrons. The predicted molar refractivity (Wildman–Crippen MR) is 117 cm³/mol. The van der Waals surface area contributed by atoms with Crippen LogP contribution in [0.15, 0.2) is 35.3 Å². The fourth-order valence-electron chi connectivity index (χ4n) is 3.45. The number of nitrogens with zero attached hydrogens (tertiary/aromatic N) is 3. The molecule has 1 aromatic rings. The summed E-state index contributed by atoms with van der Waals surface area (Å²) in [6.45, 7) is 16.6. The molecule has 0 bridgehead atoms. The SMILES string of the molecule is CCNC(=NCC(C)c1ccccc1)NCCCCN1CCN(CC)CC1. The van der Waals surface area contributed by atoms with Gasteiger partial charge in [0.1, 0.15) is 0 Å². The summed E-state index contributed by atoms with van der Waals surface area (Å²) in [6.07, 6.45) is 2.44. The first-order valence-electron chi connectivity index (χ1n) is 10.7. The molecule has 5 heteroatoms. The Labute approximate surface area is 166 Å². The van der Waals surface area contributed by atoms with Gasteiger partial charge in [0.25, 0.3) is 0 Å². The predicted octanol–water partition coefficient (Wildman–Crippen LogP) is 2.76. The molecule has 1 aromatic carbocycles. The van der Waals surface area contributed by atoms with E-state index in [2.05, 4.69) is 71.5 Å². The Bertz CT molecular complexity index is 523. The van der Waals surface area contributed by atoms with Crippen LogP contribution in [0.5, 0.6) is 0 Å². The van der Waals surface area contributed by atoms with Crippen LogP contribution in [0.2, 0.25) is 0 Å². The van der Waals surface area contributed by atoms with Crippen LogP contribution in [0, 0.1) is 0 Å². The number of piperazine rings is 1. The second-order valence-corrected chi connectivity index (χ2v) is 7.44. The second kappa shape index (κ2) is 12.7. The minimum atomic E-state index is 0.434. The summed E-state index contributed by atoms with van der Waals surface area (Å²) in [7, 11) is 0. The number of aliphatic imine (C=N–C) groups is 1. The van der Waals surface area contributed by atoms with Crippen LogP contribution in [-0.4, -0.2) is 74.7 Å². The van der Waals surface area contributed by atoms with Gasteiger partial charge in [-0.1, -0.05) is 44.2 Å². The molecule has 152 valence electrons. The number of nitrogens with one attached hydrogen (secondary N) is 2. The van der Waals surface area contributed by atoms with E-state index in [1.165, 1.54) is 57.7 Å². The molecule has 1 fully saturated rings. The van der Waals surface area contributed by atoms with Crippen molar-refractivity contribution in [2.45, 2.75) is 39.5 Å². The summed E-state index contributed by atoms with van der Waals surface area (Å²) in [6, 6.07) is 10.6. The van der Waals surface area contributed by atoms with Crippen molar-refractivity contribution in [1.29, 1.82) is 0 Å². The van der Waals surface area contributed by atoms with Crippen LogP contribution >= 0.6 is 0 Å². The van der Waals surface area contributed by atoms with Gasteiger partial charge in [0, 0.05) is 51.7 Å². The lowest BCUT2D eigenvalue weighted by atomic mass is 10.0. The Balaban J connectivity index is 1.64. The number of likely N-dealkylation sites (N-methyl/N-ethyl adjacent to an activating group) is 1. The van der Waals surface area contributed by atoms with Crippen LogP contribution in [0.4, 0.5) is 0 Å². The van der Waals surface area contributed by atoms with Gasteiger partial charge in [-0.2, -0.15) is 0 Å². The van der Waals surface area contributed by atoms with Crippen molar-refractivity contribution in [2.75, 3.05) is 58.9 Å². The first-order valence-corrected chi connectivity index (χ1v) is 10.7. The normalized spacial score (nSPS) is 17.7. The molecule has 1 heterocycles. The Hall–Kier alpha value is -1.59. The average molecular weight is 374 g/mol. The minimum Gasteiger partial charge on any atom is -0.357 e. The van der Waals surface area contributed by atoms with Crippen molar-refractivity contribution in [3.63, 3.8) is 0 Å². The Kier molecular flexibility index (Phi) is 10.2. The maximum atomic E-state index is 4.77. The topological polar surface area (TPSA) is 42.9 Å². The van der Waals surface area contributed by atoms with Gasteiger partial charge in [0.2, 0.25) is 0 Å². The van der Waals surface area contributed by atoms with Crippen LogP contribution in [-0.2, 0) is 0 Å². The summed E-state index contributed by atoms with van der Waals surface area (Å²) in [5, 5.41) is 6.86. The van der Waals surface area contributed by atoms with E-state index < -0.39 is 0 Å². The molecule has 5 nitrogen and oxygen atoms in total. The van der Waals surface area contributed by atoms with Crippen LogP contribution in [0.25, 0.3) is 0 Å². The third kappa shape index (κ3) is 8.31. The van der Waals surface area contributed by atoms with Gasteiger partial charge in [0.05, 0.1) is 0 Å². The Morgan fingerprint density at radius 3 is 2.37 bits per heavy atom. The Morgan fingerprint density at radius 1 is 1.00 bits per heavy atom. The molecular weight excluding hydrogens is 334 g/mol. The highest BCUT2D eigenvalue weighted by molar-refractivity contribution is 5.79. The molecular formula is C22H39N5. The summed E-state index contributed by atoms with van der Waals surface area (Å²) in [4.78, 5) is 9.91. The molecule has 0 aliphatic carbocycles. The lowest BCUT2D eigenvalue weighted by Gasteiger charge is -2.34. The average Bonchev–Trinajstić information content (AvgIpc) is 2.72. The molecule has 1 atom stereocenters. The number of benzene rings is 1. The zero-order valence-corrected chi connectivity index (χ0v) is 17.6. The first kappa shape index (κ1) is 21.7. The van der Waals surface area contributed by atoms with E-state index in [1.54, 1.807) is 0 Å². The summed E-state index contributed by atoms with van der Waals surface area (Å²) >= 11 is 0. The fraction of sp³-hybridized carbons (Fsp3) is 0.682. The maximum absolute atomic E-state index is 4.77. The summed E-state index contributed by atoms with van der Waals surface area (Å²) < 4.78 is 0. The quantitative estimate of drug-likeness (QED) is 0.376. The van der Waals surface area contributed by atoms with Gasteiger partial charge < -0.3 is 20.4 Å². The monoisotopic (exact) mass is 373 g/mol. The van der Waals surface area contributed by atoms with Gasteiger partial charge in [-0.3, -0.25) is 4.99 Å². The van der Waals surface area contributed by atoms with Gasteiger partial charge in [0.15, 0.2) is 5.96 Å². The van der Waals surface area contributed by atoms with Crippen molar-refractivity contribution in [3.8, 4) is 0 Å². The maximum Gasteiger partial charge on any atom is 0.191 e. The van der Waals surface area contributed by atoms with E-state index in [0.717, 1.165) is 25.6 Å². The molecule has 1 aliphatic heterocycles. The number of hydrogen-bond acceptors (Lipinski definition) is 3. The van der Waals surface area contributed by atoms with Gasteiger partial charge in [-0.15, -0.1) is 0 Å². The fourth-order valence-corrected chi connectivity index (χ4v) is 3.45. The van der Waals surface area contributed by atoms with Crippen LogP contribution < -0.4 is 10.6 Å². The van der Waals surface area contributed by atoms with E-state index in [1.807, 2.05) is 0 Å². The molecule has 1 saturated heterocycles. The highest BCUT2D eigenvalue weighted by atomic mass is 15.3. The lowest BCUT2D eigenvalue weighted by Crippen LogP contribution is -2.46. The number of rotatable bonds is 10. The molecule has 2 rings (SSSR count). The molecule has 0 saturated carbocycles. The van der Waals surface area contributed by atoms with Crippen molar-refractivity contribution in [3.05, 3.63) is 35.9 Å². The van der Waals surface area contributed by atoms with E-state index in [9.17, 15) is 0 Å². The zero-order chi connectivity index (χ0) is 19.3. The van der Waals surface area contributed by atoms with E-state index in [-0.39, 0.29) is 0 Å². The van der Waals surface area contributed by atoms with E-state index in [4.69, 9.17) is 4.99 Å². The lowest BCUT2D eigenvalue weighted by molar-refractivity contribution is 0.136. The summed E-state index contributed by atoms with van der Waals surface area (Å²) in [5.74, 6) is 1.38. The third-order valence-corrected chi connectivity index (χ3v) is 5.34. The van der Waals surface area contributed by atoms with Crippen molar-refractivity contribution in [1.82, 2.24) is 20.4 Å².